The molecule has 0 amide bonds. The molecule has 0 fully saturated rings. The molecule has 2 rings (SSSR count). The quantitative estimate of drug-likeness (QED) is 0.250. The first kappa shape index (κ1) is 24.8. The molecular formula is C20H28NO6S2+. The van der Waals surface area contributed by atoms with Gasteiger partial charge in [0, 0.05) is 0 Å². The maximum absolute atomic E-state index is 12.0. The number of hydrogen-bond acceptors (Lipinski definition) is 5. The summed E-state index contributed by atoms with van der Waals surface area (Å²) in [4.78, 5) is 0.114. The Kier molecular flexibility index (Phi) is 9.00. The van der Waals surface area contributed by atoms with E-state index in [4.69, 9.17) is 8.74 Å². The highest BCUT2D eigenvalue weighted by Gasteiger charge is 2.20. The second kappa shape index (κ2) is 10.5. The van der Waals surface area contributed by atoms with E-state index in [0.29, 0.717) is 19.0 Å². The minimum atomic E-state index is -4.02. The highest BCUT2D eigenvalue weighted by molar-refractivity contribution is 7.87. The van der Waals surface area contributed by atoms with Gasteiger partial charge in [-0.1, -0.05) is 35.4 Å². The highest BCUT2D eigenvalue weighted by atomic mass is 32.2. The third-order valence-electron chi connectivity index (χ3n) is 4.07. The Morgan fingerprint density at radius 2 is 1.21 bits per heavy atom. The lowest BCUT2D eigenvalue weighted by atomic mass is 10.2. The maximum Gasteiger partial charge on any atom is 0.349 e. The molecule has 0 aromatic heterocycles. The van der Waals surface area contributed by atoms with Gasteiger partial charge in [-0.25, -0.2) is 4.58 Å². The van der Waals surface area contributed by atoms with Crippen LogP contribution in [0, 0.1) is 13.8 Å². The largest absolute Gasteiger partial charge is 0.349 e. The van der Waals surface area contributed by atoms with Crippen LogP contribution in [0.3, 0.4) is 0 Å². The van der Waals surface area contributed by atoms with Crippen LogP contribution in [-0.2, 0) is 24.4 Å². The van der Waals surface area contributed by atoms with Crippen LogP contribution >= 0.6 is 0 Å². The second-order valence-corrected chi connectivity index (χ2v) is 9.30. The van der Waals surface area contributed by atoms with Gasteiger partial charge in [-0.15, -0.1) is 0 Å². The zero-order valence-electron chi connectivity index (χ0n) is 17.3. The number of aryl methyl sites for hydroxylation is 2. The van der Waals surface area contributed by atoms with Gasteiger partial charge in [-0.2, -0.15) is 16.8 Å². The van der Waals surface area contributed by atoms with E-state index in [1.807, 2.05) is 32.3 Å². The minimum Gasteiger partial charge on any atom is -0.323 e. The van der Waals surface area contributed by atoms with E-state index in [-0.39, 0.29) is 9.79 Å². The van der Waals surface area contributed by atoms with Crippen LogP contribution < -0.4 is 0 Å². The van der Waals surface area contributed by atoms with Crippen molar-refractivity contribution < 1.29 is 30.1 Å². The lowest BCUT2D eigenvalue weighted by Crippen LogP contribution is -2.23. The van der Waals surface area contributed by atoms with Gasteiger partial charge >= 0.3 is 16.0 Å². The predicted molar refractivity (Wildman–Crippen MR) is 112 cm³/mol. The fourth-order valence-corrected chi connectivity index (χ4v) is 3.81. The average molecular weight is 443 g/mol. The van der Waals surface area contributed by atoms with Crippen molar-refractivity contribution in [2.45, 2.75) is 44.4 Å². The molecular weight excluding hydrogens is 414 g/mol. The number of nitrogens with zero attached hydrogens (tertiary/aromatic N) is 1. The summed E-state index contributed by atoms with van der Waals surface area (Å²) in [5.41, 5.74) is 1.97. The first-order valence-corrected chi connectivity index (χ1v) is 11.9. The van der Waals surface area contributed by atoms with Crippen LogP contribution in [0.15, 0.2) is 58.3 Å². The zero-order chi connectivity index (χ0) is 22.2. The molecule has 9 heteroatoms. The Hall–Kier alpha value is -2.23. The Morgan fingerprint density at radius 3 is 1.55 bits per heavy atom. The molecule has 0 spiro atoms. The first-order chi connectivity index (χ1) is 13.4. The molecule has 2 aromatic rings. The van der Waals surface area contributed by atoms with Gasteiger partial charge in [-0.3, -0.25) is 4.55 Å². The monoisotopic (exact) mass is 442 g/mol. The molecule has 29 heavy (non-hydrogen) atoms. The summed E-state index contributed by atoms with van der Waals surface area (Å²) in [6.07, 6.45) is 0. The number of benzene rings is 2. The van der Waals surface area contributed by atoms with Crippen molar-refractivity contribution in [3.63, 3.8) is 0 Å². The summed E-state index contributed by atoms with van der Waals surface area (Å²) >= 11 is 0. The van der Waals surface area contributed by atoms with E-state index < -0.39 is 20.2 Å². The molecule has 1 N–H and O–H groups in total. The van der Waals surface area contributed by atoms with Crippen LogP contribution in [0.4, 0.5) is 0 Å². The lowest BCUT2D eigenvalue weighted by molar-refractivity contribution is -0.527. The van der Waals surface area contributed by atoms with Crippen LogP contribution in [-0.4, -0.2) is 45.0 Å². The molecule has 0 unspecified atom stereocenters. The minimum absolute atomic E-state index is 0.0666. The van der Waals surface area contributed by atoms with Gasteiger partial charge in [-0.05, 0) is 52.0 Å². The van der Waals surface area contributed by atoms with Crippen LogP contribution in [0.1, 0.15) is 31.9 Å². The van der Waals surface area contributed by atoms with Crippen molar-refractivity contribution in [1.29, 1.82) is 0 Å². The van der Waals surface area contributed by atoms with Gasteiger partial charge in [0.25, 0.3) is 10.1 Å². The fourth-order valence-electron chi connectivity index (χ4n) is 2.34. The molecule has 0 saturated carbocycles. The van der Waals surface area contributed by atoms with Crippen molar-refractivity contribution in [3.8, 4) is 0 Å². The Balaban J connectivity index is 0.000000326. The van der Waals surface area contributed by atoms with Gasteiger partial charge in [0.15, 0.2) is 0 Å². The van der Waals surface area contributed by atoms with Crippen molar-refractivity contribution >= 4 is 26.1 Å². The second-order valence-electron chi connectivity index (χ2n) is 6.33. The molecule has 0 saturated heterocycles. The third kappa shape index (κ3) is 7.96. The van der Waals surface area contributed by atoms with E-state index in [1.165, 1.54) is 12.1 Å². The van der Waals surface area contributed by atoms with Gasteiger partial charge in [0.05, 0.1) is 11.8 Å². The van der Waals surface area contributed by atoms with Gasteiger partial charge in [0.2, 0.25) is 0 Å². The Morgan fingerprint density at radius 1 is 0.828 bits per heavy atom. The average Bonchev–Trinajstić information content (AvgIpc) is 2.63. The highest BCUT2D eigenvalue weighted by Crippen LogP contribution is 2.13. The van der Waals surface area contributed by atoms with E-state index in [2.05, 4.69) is 0 Å². The standard InChI is InChI=1S/C13H20NO3S.C7H8O3S/c1-5-14(6-2)12(4)17-18(15,16)13-9-7-11(3)8-10-13;1-6-2-4-7(5-3-6)11(8,9)10/h7-10H,5-6H2,1-4H3;2-5H,1H3,(H,8,9,10)/q+1;. The summed E-state index contributed by atoms with van der Waals surface area (Å²) in [6.45, 7) is 10.7. The van der Waals surface area contributed by atoms with E-state index in [9.17, 15) is 16.8 Å². The topological polar surface area (TPSA) is 101 Å². The first-order valence-electron chi connectivity index (χ1n) is 9.04. The maximum atomic E-state index is 12.0. The Bertz CT molecular complexity index is 1030. The number of rotatable bonds is 5. The summed E-state index contributed by atoms with van der Waals surface area (Å²) in [5, 5.41) is 0. The fraction of sp³-hybridized carbons (Fsp3) is 0.350. The molecule has 0 radical (unpaired) electrons. The molecule has 0 heterocycles. The summed E-state index contributed by atoms with van der Waals surface area (Å²) in [5.74, 6) is 0.403. The summed E-state index contributed by atoms with van der Waals surface area (Å²) in [7, 11) is -7.74. The molecule has 0 bridgehead atoms. The number of hydrogen-bond donors (Lipinski definition) is 1. The molecule has 160 valence electrons. The zero-order valence-corrected chi connectivity index (χ0v) is 18.9. The van der Waals surface area contributed by atoms with Crippen molar-refractivity contribution in [2.75, 3.05) is 13.1 Å². The van der Waals surface area contributed by atoms with Crippen molar-refractivity contribution in [3.05, 3.63) is 59.7 Å². The molecule has 0 aliphatic carbocycles. The molecule has 0 aliphatic rings. The van der Waals surface area contributed by atoms with Gasteiger partial charge in [0.1, 0.15) is 18.0 Å². The van der Waals surface area contributed by atoms with Crippen LogP contribution in [0.2, 0.25) is 0 Å². The molecule has 0 atom stereocenters. The lowest BCUT2D eigenvalue weighted by Gasteiger charge is -2.06. The molecule has 7 nitrogen and oxygen atoms in total. The summed E-state index contributed by atoms with van der Waals surface area (Å²) < 4.78 is 60.6. The SMILES string of the molecule is CC[N+](CC)=C(C)OS(=O)(=O)c1ccc(C)cc1.Cc1ccc(S(=O)(=O)O)cc1. The van der Waals surface area contributed by atoms with E-state index in [0.717, 1.165) is 11.1 Å². The Labute approximate surface area is 173 Å². The van der Waals surface area contributed by atoms with Crippen LogP contribution in [0.5, 0.6) is 0 Å². The van der Waals surface area contributed by atoms with Crippen LogP contribution in [0.25, 0.3) is 0 Å². The molecule has 0 aliphatic heterocycles. The van der Waals surface area contributed by atoms with Crippen molar-refractivity contribution in [1.82, 2.24) is 0 Å². The van der Waals surface area contributed by atoms with Gasteiger partial charge < -0.3 is 4.18 Å². The smallest absolute Gasteiger partial charge is 0.323 e. The van der Waals surface area contributed by atoms with E-state index >= 15 is 0 Å². The van der Waals surface area contributed by atoms with Crippen molar-refractivity contribution in [2.24, 2.45) is 0 Å². The predicted octanol–water partition coefficient (Wildman–Crippen LogP) is 3.41. The normalized spacial score (nSPS) is 11.2. The molecule has 2 aromatic carbocycles. The van der Waals surface area contributed by atoms with E-state index in [1.54, 1.807) is 43.3 Å². The third-order valence-corrected chi connectivity index (χ3v) is 6.25. The summed E-state index contributed by atoms with van der Waals surface area (Å²) in [6, 6.07) is 12.6.